The van der Waals surface area contributed by atoms with E-state index in [1.165, 1.54) is 11.3 Å². The quantitative estimate of drug-likeness (QED) is 0.439. The van der Waals surface area contributed by atoms with Crippen LogP contribution in [0.3, 0.4) is 0 Å². The van der Waals surface area contributed by atoms with Crippen LogP contribution in [-0.2, 0) is 0 Å². The van der Waals surface area contributed by atoms with Crippen LogP contribution in [0.4, 0.5) is 0 Å². The topological polar surface area (TPSA) is 55.1 Å². The summed E-state index contributed by atoms with van der Waals surface area (Å²) in [5, 5.41) is 0. The number of thiophene rings is 1. The van der Waals surface area contributed by atoms with Gasteiger partial charge in [-0.15, -0.1) is 11.3 Å². The van der Waals surface area contributed by atoms with Gasteiger partial charge in [0.05, 0.1) is 9.35 Å². The van der Waals surface area contributed by atoms with E-state index in [0.29, 0.717) is 5.56 Å². The van der Waals surface area contributed by atoms with Gasteiger partial charge in [0.2, 0.25) is 0 Å². The molecule has 3 nitrogen and oxygen atoms in total. The third-order valence-corrected chi connectivity index (χ3v) is 2.94. The molecule has 60 valence electrons. The monoisotopic (exact) mass is 234 g/mol. The Morgan fingerprint density at radius 2 is 2.45 bits per heavy atom. The zero-order valence-corrected chi connectivity index (χ0v) is 8.25. The van der Waals surface area contributed by atoms with Crippen LogP contribution < -0.4 is 11.3 Å². The largest absolute Gasteiger partial charge is 0.290 e. The zero-order valence-electron chi connectivity index (χ0n) is 5.85. The van der Waals surface area contributed by atoms with Crippen LogP contribution in [0.1, 0.15) is 15.2 Å². The Hall–Kier alpha value is -0.390. The highest BCUT2D eigenvalue weighted by molar-refractivity contribution is 9.11. The first-order valence-electron chi connectivity index (χ1n) is 2.92. The highest BCUT2D eigenvalue weighted by Crippen LogP contribution is 2.26. The molecule has 0 atom stereocenters. The molecule has 1 rings (SSSR count). The fourth-order valence-corrected chi connectivity index (χ4v) is 2.50. The van der Waals surface area contributed by atoms with Crippen LogP contribution in [0.25, 0.3) is 0 Å². The molecule has 0 spiro atoms. The number of carbonyl (C=O) groups is 1. The van der Waals surface area contributed by atoms with E-state index in [9.17, 15) is 4.79 Å². The third-order valence-electron chi connectivity index (χ3n) is 1.19. The second-order valence-corrected chi connectivity index (χ2v) is 4.59. The average Bonchev–Trinajstić information content (AvgIpc) is 2.28. The van der Waals surface area contributed by atoms with Gasteiger partial charge in [-0.05, 0) is 28.9 Å². The number of hydrazine groups is 1. The summed E-state index contributed by atoms with van der Waals surface area (Å²) >= 11 is 4.77. The molecule has 0 unspecified atom stereocenters. The molecule has 11 heavy (non-hydrogen) atoms. The Morgan fingerprint density at radius 1 is 1.82 bits per heavy atom. The lowest BCUT2D eigenvalue weighted by Crippen LogP contribution is -2.29. The molecule has 0 aliphatic carbocycles. The van der Waals surface area contributed by atoms with Crippen molar-refractivity contribution in [3.63, 3.8) is 0 Å². The van der Waals surface area contributed by atoms with Crippen LogP contribution in [0.15, 0.2) is 9.85 Å². The SMILES string of the molecule is Cc1cc(C(=O)NN)c(Br)s1. The number of nitrogen functional groups attached to an aromatic ring is 1. The van der Waals surface area contributed by atoms with Crippen molar-refractivity contribution in [3.8, 4) is 0 Å². The van der Waals surface area contributed by atoms with E-state index in [4.69, 9.17) is 5.84 Å². The van der Waals surface area contributed by atoms with E-state index >= 15 is 0 Å². The lowest BCUT2D eigenvalue weighted by atomic mass is 10.3. The van der Waals surface area contributed by atoms with E-state index in [2.05, 4.69) is 21.4 Å². The molecule has 1 aromatic heterocycles. The number of halogens is 1. The van der Waals surface area contributed by atoms with Crippen molar-refractivity contribution in [1.29, 1.82) is 0 Å². The van der Waals surface area contributed by atoms with E-state index in [0.717, 1.165) is 8.66 Å². The molecule has 1 amide bonds. The summed E-state index contributed by atoms with van der Waals surface area (Å²) in [5.41, 5.74) is 2.67. The molecule has 3 N–H and O–H groups in total. The summed E-state index contributed by atoms with van der Waals surface area (Å²) in [4.78, 5) is 12.1. The highest BCUT2D eigenvalue weighted by atomic mass is 79.9. The Bertz CT molecular complexity index is 284. The van der Waals surface area contributed by atoms with Crippen molar-refractivity contribution < 1.29 is 4.79 Å². The van der Waals surface area contributed by atoms with Crippen molar-refractivity contribution in [2.24, 2.45) is 5.84 Å². The normalized spacial score (nSPS) is 9.73. The van der Waals surface area contributed by atoms with Crippen molar-refractivity contribution in [1.82, 2.24) is 5.43 Å². The number of carbonyl (C=O) groups excluding carboxylic acids is 1. The maximum Gasteiger partial charge on any atom is 0.267 e. The van der Waals surface area contributed by atoms with Crippen molar-refractivity contribution in [2.75, 3.05) is 0 Å². The fraction of sp³-hybridized carbons (Fsp3) is 0.167. The maximum atomic E-state index is 11.0. The molecule has 1 heterocycles. The number of nitrogens with one attached hydrogen (secondary N) is 1. The van der Waals surface area contributed by atoms with Gasteiger partial charge in [0.1, 0.15) is 0 Å². The number of aryl methyl sites for hydroxylation is 1. The molecule has 0 saturated carbocycles. The van der Waals surface area contributed by atoms with E-state index in [1.807, 2.05) is 6.92 Å². The Balaban J connectivity index is 3.03. The summed E-state index contributed by atoms with van der Waals surface area (Å²) in [7, 11) is 0. The Morgan fingerprint density at radius 3 is 2.82 bits per heavy atom. The van der Waals surface area contributed by atoms with E-state index in [1.54, 1.807) is 6.07 Å². The molecule has 0 radical (unpaired) electrons. The number of amides is 1. The van der Waals surface area contributed by atoms with Gasteiger partial charge in [-0.3, -0.25) is 10.2 Å². The lowest BCUT2D eigenvalue weighted by molar-refractivity contribution is 0.0953. The third kappa shape index (κ3) is 1.79. The first-order valence-corrected chi connectivity index (χ1v) is 4.53. The maximum absolute atomic E-state index is 11.0. The minimum absolute atomic E-state index is 0.263. The van der Waals surface area contributed by atoms with Gasteiger partial charge in [-0.2, -0.15) is 0 Å². The van der Waals surface area contributed by atoms with Gasteiger partial charge in [0, 0.05) is 4.88 Å². The average molecular weight is 235 g/mol. The highest BCUT2D eigenvalue weighted by Gasteiger charge is 2.10. The zero-order chi connectivity index (χ0) is 8.43. The summed E-state index contributed by atoms with van der Waals surface area (Å²) in [6.45, 7) is 1.93. The van der Waals surface area contributed by atoms with Crippen LogP contribution in [0.5, 0.6) is 0 Å². The van der Waals surface area contributed by atoms with Gasteiger partial charge >= 0.3 is 0 Å². The van der Waals surface area contributed by atoms with Gasteiger partial charge in [-0.1, -0.05) is 0 Å². The van der Waals surface area contributed by atoms with E-state index in [-0.39, 0.29) is 5.91 Å². The minimum Gasteiger partial charge on any atom is -0.290 e. The lowest BCUT2D eigenvalue weighted by Gasteiger charge is -1.94. The molecule has 0 aliphatic heterocycles. The standard InChI is InChI=1S/C6H7BrN2OS/c1-3-2-4(5(7)11-3)6(10)9-8/h2H,8H2,1H3,(H,9,10). The Kier molecular flexibility index (Phi) is 2.64. The van der Waals surface area contributed by atoms with E-state index < -0.39 is 0 Å². The number of nitrogens with two attached hydrogens (primary N) is 1. The predicted octanol–water partition coefficient (Wildman–Crippen LogP) is 1.42. The van der Waals surface area contributed by atoms with Crippen molar-refractivity contribution >= 4 is 33.2 Å². The number of hydrogen-bond acceptors (Lipinski definition) is 3. The van der Waals surface area contributed by atoms with Crippen molar-refractivity contribution in [2.45, 2.75) is 6.92 Å². The molecule has 5 heteroatoms. The molecule has 0 saturated heterocycles. The molecule has 0 aromatic carbocycles. The summed E-state index contributed by atoms with van der Waals surface area (Å²) in [6.07, 6.45) is 0. The van der Waals surface area contributed by atoms with Gasteiger partial charge in [-0.25, -0.2) is 5.84 Å². The first-order chi connectivity index (χ1) is 5.15. The molecular weight excluding hydrogens is 228 g/mol. The molecular formula is C6H7BrN2OS. The first kappa shape index (κ1) is 8.70. The van der Waals surface area contributed by atoms with Crippen LogP contribution in [0.2, 0.25) is 0 Å². The summed E-state index contributed by atoms with van der Waals surface area (Å²) in [6, 6.07) is 1.79. The second-order valence-electron chi connectivity index (χ2n) is 2.02. The predicted molar refractivity (Wildman–Crippen MR) is 48.4 cm³/mol. The Labute approximate surface area is 76.7 Å². The van der Waals surface area contributed by atoms with Crippen LogP contribution in [-0.4, -0.2) is 5.91 Å². The summed E-state index contributed by atoms with van der Waals surface area (Å²) in [5.74, 6) is 4.70. The summed E-state index contributed by atoms with van der Waals surface area (Å²) < 4.78 is 0.818. The van der Waals surface area contributed by atoms with Crippen LogP contribution >= 0.6 is 27.3 Å². The minimum atomic E-state index is -0.263. The smallest absolute Gasteiger partial charge is 0.267 e. The molecule has 1 aromatic rings. The molecule has 0 bridgehead atoms. The van der Waals surface area contributed by atoms with Gasteiger partial charge < -0.3 is 0 Å². The fourth-order valence-electron chi connectivity index (χ4n) is 0.718. The number of hydrogen-bond donors (Lipinski definition) is 2. The van der Waals surface area contributed by atoms with Crippen molar-refractivity contribution in [3.05, 3.63) is 20.3 Å². The second kappa shape index (κ2) is 3.34. The number of rotatable bonds is 1. The molecule has 0 fully saturated rings. The van der Waals surface area contributed by atoms with Gasteiger partial charge in [0.25, 0.3) is 5.91 Å². The molecule has 0 aliphatic rings. The van der Waals surface area contributed by atoms with Gasteiger partial charge in [0.15, 0.2) is 0 Å². The van der Waals surface area contributed by atoms with Crippen LogP contribution in [0, 0.1) is 6.92 Å².